The maximum atomic E-state index is 11.9. The van der Waals surface area contributed by atoms with Gasteiger partial charge in [-0.25, -0.2) is 0 Å². The molecule has 0 bridgehead atoms. The van der Waals surface area contributed by atoms with Crippen LogP contribution in [-0.2, 0) is 9.53 Å². The summed E-state index contributed by atoms with van der Waals surface area (Å²) >= 11 is 1.37. The van der Waals surface area contributed by atoms with Crippen molar-refractivity contribution in [2.75, 3.05) is 30.8 Å². The minimum absolute atomic E-state index is 0.0346. The van der Waals surface area contributed by atoms with Crippen LogP contribution in [-0.4, -0.2) is 43.5 Å². The Balaban J connectivity index is 1.83. The van der Waals surface area contributed by atoms with Crippen LogP contribution in [0.4, 0.5) is 18.9 Å². The summed E-state index contributed by atoms with van der Waals surface area (Å²) < 4.78 is 39.9. The van der Waals surface area contributed by atoms with Gasteiger partial charge in [0.05, 0.1) is 18.0 Å². The molecule has 120 valence electrons. The Kier molecular flexibility index (Phi) is 5.30. The zero-order valence-electron chi connectivity index (χ0n) is 11.3. The van der Waals surface area contributed by atoms with Gasteiger partial charge in [-0.15, -0.1) is 11.8 Å². The molecule has 0 unspecified atom stereocenters. The fourth-order valence-corrected chi connectivity index (χ4v) is 2.54. The number of hydrogen-bond acceptors (Lipinski definition) is 4. The standard InChI is InChI=1S/C13H13F3N2O3S/c14-13(15,16)7-21-4-3-17-12(20)8-1-2-10-9(5-8)18-11(19)6-22-10/h1-2,5H,3-4,6-7H2,(H,17,20)(H,18,19). The van der Waals surface area contributed by atoms with Crippen LogP contribution in [0.2, 0.25) is 0 Å². The van der Waals surface area contributed by atoms with E-state index in [1.165, 1.54) is 17.8 Å². The number of anilines is 1. The largest absolute Gasteiger partial charge is 0.411 e. The molecule has 0 fully saturated rings. The average molecular weight is 334 g/mol. The lowest BCUT2D eigenvalue weighted by atomic mass is 10.2. The Labute approximate surface area is 128 Å². The van der Waals surface area contributed by atoms with Crippen LogP contribution < -0.4 is 10.6 Å². The molecule has 5 nitrogen and oxygen atoms in total. The third-order valence-electron chi connectivity index (χ3n) is 2.67. The number of nitrogens with one attached hydrogen (secondary N) is 2. The molecular formula is C13H13F3N2O3S. The van der Waals surface area contributed by atoms with Crippen molar-refractivity contribution >= 4 is 29.3 Å². The number of halogens is 3. The predicted molar refractivity (Wildman–Crippen MR) is 75.0 cm³/mol. The Bertz CT molecular complexity index is 578. The first kappa shape index (κ1) is 16.6. The van der Waals surface area contributed by atoms with Crippen molar-refractivity contribution < 1.29 is 27.5 Å². The summed E-state index contributed by atoms with van der Waals surface area (Å²) in [4.78, 5) is 24.0. The van der Waals surface area contributed by atoms with Crippen molar-refractivity contribution in [3.63, 3.8) is 0 Å². The van der Waals surface area contributed by atoms with Crippen LogP contribution >= 0.6 is 11.8 Å². The second-order valence-corrected chi connectivity index (χ2v) is 5.49. The monoisotopic (exact) mass is 334 g/mol. The molecule has 1 heterocycles. The Morgan fingerprint density at radius 2 is 2.18 bits per heavy atom. The van der Waals surface area contributed by atoms with Crippen LogP contribution in [0.25, 0.3) is 0 Å². The summed E-state index contributed by atoms with van der Waals surface area (Å²) in [5.41, 5.74) is 0.875. The van der Waals surface area contributed by atoms with Crippen LogP contribution in [0, 0.1) is 0 Å². The Hall–Kier alpha value is -1.74. The van der Waals surface area contributed by atoms with Gasteiger partial charge in [-0.3, -0.25) is 9.59 Å². The first-order valence-corrected chi connectivity index (χ1v) is 7.33. The third kappa shape index (κ3) is 4.92. The summed E-state index contributed by atoms with van der Waals surface area (Å²) in [7, 11) is 0. The molecule has 1 aliphatic rings. The third-order valence-corrected chi connectivity index (χ3v) is 3.75. The van der Waals surface area contributed by atoms with Crippen LogP contribution in [0.5, 0.6) is 0 Å². The number of amides is 2. The molecule has 0 aromatic heterocycles. The summed E-state index contributed by atoms with van der Waals surface area (Å²) in [6, 6.07) is 4.84. The molecule has 22 heavy (non-hydrogen) atoms. The van der Waals surface area contributed by atoms with E-state index in [0.717, 1.165) is 4.90 Å². The van der Waals surface area contributed by atoms with Crippen molar-refractivity contribution in [1.29, 1.82) is 0 Å². The second-order valence-electron chi connectivity index (χ2n) is 4.47. The molecule has 0 saturated carbocycles. The van der Waals surface area contributed by atoms with Crippen molar-refractivity contribution in [3.05, 3.63) is 23.8 Å². The first-order valence-electron chi connectivity index (χ1n) is 6.34. The molecule has 1 aromatic carbocycles. The number of ether oxygens (including phenoxy) is 1. The number of alkyl halides is 3. The lowest BCUT2D eigenvalue weighted by Gasteiger charge is -2.17. The fraction of sp³-hybridized carbons (Fsp3) is 0.385. The lowest BCUT2D eigenvalue weighted by molar-refractivity contribution is -0.173. The lowest BCUT2D eigenvalue weighted by Crippen LogP contribution is -2.29. The normalized spacial score (nSPS) is 14.2. The highest BCUT2D eigenvalue weighted by molar-refractivity contribution is 8.00. The minimum Gasteiger partial charge on any atom is -0.370 e. The first-order chi connectivity index (χ1) is 10.3. The maximum Gasteiger partial charge on any atom is 0.411 e. The van der Waals surface area contributed by atoms with Crippen molar-refractivity contribution in [3.8, 4) is 0 Å². The second kappa shape index (κ2) is 7.01. The number of benzene rings is 1. The molecule has 0 aliphatic carbocycles. The van der Waals surface area contributed by atoms with Gasteiger partial charge in [0.25, 0.3) is 5.91 Å². The predicted octanol–water partition coefficient (Wildman–Crippen LogP) is 2.04. The number of carbonyl (C=O) groups excluding carboxylic acids is 2. The summed E-state index contributed by atoms with van der Waals surface area (Å²) in [6.07, 6.45) is -4.38. The van der Waals surface area contributed by atoms with Gasteiger partial charge in [-0.1, -0.05) is 0 Å². The molecule has 1 aliphatic heterocycles. The molecule has 2 N–H and O–H groups in total. The summed E-state index contributed by atoms with van der Waals surface area (Å²) in [6.45, 7) is -1.61. The van der Waals surface area contributed by atoms with Crippen LogP contribution in [0.15, 0.2) is 23.1 Å². The molecule has 2 amide bonds. The van der Waals surface area contributed by atoms with E-state index in [0.29, 0.717) is 17.0 Å². The smallest absolute Gasteiger partial charge is 0.370 e. The summed E-state index contributed by atoms with van der Waals surface area (Å²) in [5, 5.41) is 5.11. The number of hydrogen-bond donors (Lipinski definition) is 2. The molecule has 0 radical (unpaired) electrons. The van der Waals surface area contributed by atoms with Gasteiger partial charge in [0.15, 0.2) is 0 Å². The number of rotatable bonds is 5. The number of carbonyl (C=O) groups is 2. The van der Waals surface area contributed by atoms with Gasteiger partial charge in [-0.05, 0) is 18.2 Å². The van der Waals surface area contributed by atoms with Crippen molar-refractivity contribution in [2.24, 2.45) is 0 Å². The van der Waals surface area contributed by atoms with E-state index in [1.54, 1.807) is 12.1 Å². The molecular weight excluding hydrogens is 321 g/mol. The Morgan fingerprint density at radius 3 is 2.91 bits per heavy atom. The van der Waals surface area contributed by atoms with E-state index in [4.69, 9.17) is 0 Å². The minimum atomic E-state index is -4.38. The van der Waals surface area contributed by atoms with Gasteiger partial charge < -0.3 is 15.4 Å². The highest BCUT2D eigenvalue weighted by Crippen LogP contribution is 2.31. The van der Waals surface area contributed by atoms with Crippen molar-refractivity contribution in [2.45, 2.75) is 11.1 Å². The molecule has 2 rings (SSSR count). The fourth-order valence-electron chi connectivity index (χ4n) is 1.75. The van der Waals surface area contributed by atoms with E-state index in [1.807, 2.05) is 0 Å². The van der Waals surface area contributed by atoms with Gasteiger partial charge in [0.1, 0.15) is 6.61 Å². The van der Waals surface area contributed by atoms with E-state index >= 15 is 0 Å². The van der Waals surface area contributed by atoms with Crippen LogP contribution in [0.1, 0.15) is 10.4 Å². The highest BCUT2D eigenvalue weighted by Gasteiger charge is 2.27. The highest BCUT2D eigenvalue weighted by atomic mass is 32.2. The topological polar surface area (TPSA) is 67.4 Å². The van der Waals surface area contributed by atoms with E-state index in [9.17, 15) is 22.8 Å². The molecule has 0 saturated heterocycles. The Morgan fingerprint density at radius 1 is 1.41 bits per heavy atom. The molecule has 1 aromatic rings. The van der Waals surface area contributed by atoms with Crippen molar-refractivity contribution in [1.82, 2.24) is 5.32 Å². The molecule has 0 spiro atoms. The van der Waals surface area contributed by atoms with Gasteiger partial charge in [-0.2, -0.15) is 13.2 Å². The SMILES string of the molecule is O=C1CSc2ccc(C(=O)NCCOCC(F)(F)F)cc2N1. The van der Waals surface area contributed by atoms with E-state index < -0.39 is 18.7 Å². The molecule has 0 atom stereocenters. The summed E-state index contributed by atoms with van der Waals surface area (Å²) in [5.74, 6) is -0.256. The van der Waals surface area contributed by atoms with E-state index in [2.05, 4.69) is 15.4 Å². The zero-order chi connectivity index (χ0) is 16.2. The maximum absolute atomic E-state index is 11.9. The van der Waals surface area contributed by atoms with Gasteiger partial charge >= 0.3 is 6.18 Å². The number of thioether (sulfide) groups is 1. The van der Waals surface area contributed by atoms with E-state index in [-0.39, 0.29) is 19.1 Å². The van der Waals surface area contributed by atoms with Gasteiger partial charge in [0, 0.05) is 17.0 Å². The number of fused-ring (bicyclic) bond motifs is 1. The average Bonchev–Trinajstić information content (AvgIpc) is 2.44. The van der Waals surface area contributed by atoms with Gasteiger partial charge in [0.2, 0.25) is 5.91 Å². The zero-order valence-corrected chi connectivity index (χ0v) is 12.1. The van der Waals surface area contributed by atoms with Crippen LogP contribution in [0.3, 0.4) is 0 Å². The molecule has 9 heteroatoms. The quantitative estimate of drug-likeness (QED) is 0.809.